The van der Waals surface area contributed by atoms with E-state index in [9.17, 15) is 14.4 Å². The van der Waals surface area contributed by atoms with Gasteiger partial charge in [0.2, 0.25) is 12.2 Å². The van der Waals surface area contributed by atoms with Crippen molar-refractivity contribution in [3.8, 4) is 5.88 Å². The molecule has 0 radical (unpaired) electrons. The van der Waals surface area contributed by atoms with Gasteiger partial charge in [0.1, 0.15) is 6.61 Å². The molecule has 0 saturated carbocycles. The van der Waals surface area contributed by atoms with Gasteiger partial charge in [0.25, 0.3) is 5.56 Å². The average molecular weight is 649 g/mol. The lowest BCUT2D eigenvalue weighted by Crippen LogP contribution is -2.49. The molecule has 3 aromatic carbocycles. The molecule has 4 atom stereocenters. The summed E-state index contributed by atoms with van der Waals surface area (Å²) in [5.41, 5.74) is 4.52. The first-order chi connectivity index (χ1) is 23.4. The number of aromatic amines is 1. The number of carbonyl (C=O) groups is 1. The Hall–Kier alpha value is -5.09. The molecule has 0 unspecified atom stereocenters. The molecule has 1 N–H and O–H groups in total. The lowest BCUT2D eigenvalue weighted by atomic mass is 9.77. The Morgan fingerprint density at radius 3 is 2.27 bits per heavy atom. The number of hydrogen-bond acceptors (Lipinski definition) is 6. The first-order valence-corrected chi connectivity index (χ1v) is 16.5. The number of carbonyl (C=O) groups excluding carboxylic acids is 1. The van der Waals surface area contributed by atoms with Crippen LogP contribution in [0.5, 0.6) is 5.88 Å². The number of aromatic nitrogens is 3. The third-order valence-electron chi connectivity index (χ3n) is 9.91. The van der Waals surface area contributed by atoms with Crippen molar-refractivity contribution >= 4 is 17.0 Å². The Labute approximate surface area is 278 Å². The third-order valence-corrected chi connectivity index (χ3v) is 9.91. The minimum absolute atomic E-state index is 0.151. The fourth-order valence-corrected chi connectivity index (χ4v) is 7.42. The Bertz CT molecular complexity index is 2050. The van der Waals surface area contributed by atoms with Crippen molar-refractivity contribution in [2.75, 3.05) is 6.54 Å². The van der Waals surface area contributed by atoms with Crippen molar-refractivity contribution in [1.82, 2.24) is 19.0 Å². The van der Waals surface area contributed by atoms with Gasteiger partial charge in [-0.25, -0.2) is 9.59 Å². The standard InChI is InChI=1S/C38H40N4O6/c1-4-26-29(32-34(43)40(2)37(44)41(3)35(32)48-36(26)46-22-24-13-7-5-8-14-24)21-31-33-28(27-17-11-12-18-30(27)39-33)19-20-42(31)38(45)47-23-25-15-9-6-10-16-25/h5-18,26,29,31,36,39H,4,19-23H2,1-3H3/t26-,29+,31-,36+/m1/s1. The molecule has 7 rings (SSSR count). The Balaban J connectivity index is 1.30. The van der Waals surface area contributed by atoms with E-state index in [1.165, 1.54) is 11.6 Å². The van der Waals surface area contributed by atoms with Gasteiger partial charge in [0.15, 0.2) is 0 Å². The monoisotopic (exact) mass is 648 g/mol. The fourth-order valence-electron chi connectivity index (χ4n) is 7.42. The van der Waals surface area contributed by atoms with E-state index in [4.69, 9.17) is 14.2 Å². The van der Waals surface area contributed by atoms with Gasteiger partial charge >= 0.3 is 11.8 Å². The highest BCUT2D eigenvalue weighted by Gasteiger charge is 2.45. The second-order valence-electron chi connectivity index (χ2n) is 12.7. The number of nitrogens with zero attached hydrogens (tertiary/aromatic N) is 3. The largest absolute Gasteiger partial charge is 0.449 e. The summed E-state index contributed by atoms with van der Waals surface area (Å²) in [6, 6.07) is 27.2. The van der Waals surface area contributed by atoms with Crippen LogP contribution in [0.25, 0.3) is 10.9 Å². The summed E-state index contributed by atoms with van der Waals surface area (Å²) in [7, 11) is 3.10. The lowest BCUT2D eigenvalue weighted by Gasteiger charge is -2.42. The summed E-state index contributed by atoms with van der Waals surface area (Å²) < 4.78 is 21.3. The van der Waals surface area contributed by atoms with Crippen LogP contribution in [0.4, 0.5) is 4.79 Å². The lowest BCUT2D eigenvalue weighted by molar-refractivity contribution is -0.146. The molecule has 10 heteroatoms. The van der Waals surface area contributed by atoms with Crippen LogP contribution < -0.4 is 16.0 Å². The van der Waals surface area contributed by atoms with Gasteiger partial charge in [-0.1, -0.05) is 85.8 Å². The fraction of sp³-hybridized carbons (Fsp3) is 0.342. The molecule has 48 heavy (non-hydrogen) atoms. The number of amides is 1. The van der Waals surface area contributed by atoms with Crippen LogP contribution in [0.15, 0.2) is 94.5 Å². The number of rotatable bonds is 8. The number of fused-ring (bicyclic) bond motifs is 4. The molecular weight excluding hydrogens is 608 g/mol. The molecule has 248 valence electrons. The molecule has 0 spiro atoms. The molecule has 4 heterocycles. The van der Waals surface area contributed by atoms with Gasteiger partial charge in [-0.15, -0.1) is 0 Å². The molecule has 2 aliphatic rings. The van der Waals surface area contributed by atoms with E-state index in [0.717, 1.165) is 37.9 Å². The van der Waals surface area contributed by atoms with E-state index in [2.05, 4.69) is 18.0 Å². The summed E-state index contributed by atoms with van der Waals surface area (Å²) in [4.78, 5) is 46.4. The quantitative estimate of drug-likeness (QED) is 0.223. The molecular formula is C38H40N4O6. The SMILES string of the molecule is CC[C@H]1[C@@H](OCc2ccccc2)Oc2c(c(=O)n(C)c(=O)n2C)[C@H]1C[C@@H]1c2[nH]c3ccccc3c2CCN1C(=O)OCc1ccccc1. The highest BCUT2D eigenvalue weighted by atomic mass is 16.7. The summed E-state index contributed by atoms with van der Waals surface area (Å²) in [5.74, 6) is -0.443. The maximum Gasteiger partial charge on any atom is 0.410 e. The number of ether oxygens (including phenoxy) is 3. The number of H-pyrrole nitrogens is 1. The Kier molecular flexibility index (Phi) is 8.66. The predicted molar refractivity (Wildman–Crippen MR) is 182 cm³/mol. The molecule has 2 aliphatic heterocycles. The molecule has 0 aliphatic carbocycles. The van der Waals surface area contributed by atoms with Crippen molar-refractivity contribution in [1.29, 1.82) is 0 Å². The van der Waals surface area contributed by atoms with Crippen molar-refractivity contribution in [3.63, 3.8) is 0 Å². The summed E-state index contributed by atoms with van der Waals surface area (Å²) in [6.07, 6.45) is 0.554. The van der Waals surface area contributed by atoms with Crippen LogP contribution in [-0.4, -0.2) is 37.9 Å². The smallest absolute Gasteiger partial charge is 0.410 e. The third kappa shape index (κ3) is 5.70. The van der Waals surface area contributed by atoms with E-state index >= 15 is 0 Å². The predicted octanol–water partition coefficient (Wildman–Crippen LogP) is 5.94. The molecule has 0 bridgehead atoms. The zero-order valence-corrected chi connectivity index (χ0v) is 27.4. The minimum atomic E-state index is -0.727. The van der Waals surface area contributed by atoms with Gasteiger partial charge < -0.3 is 19.2 Å². The van der Waals surface area contributed by atoms with E-state index in [0.29, 0.717) is 38.0 Å². The van der Waals surface area contributed by atoms with Gasteiger partial charge in [0.05, 0.1) is 18.2 Å². The highest BCUT2D eigenvalue weighted by Crippen LogP contribution is 2.47. The van der Waals surface area contributed by atoms with E-state index in [-0.39, 0.29) is 18.4 Å². The normalized spacial score (nSPS) is 20.2. The minimum Gasteiger partial charge on any atom is -0.449 e. The maximum atomic E-state index is 14.0. The maximum absolute atomic E-state index is 14.0. The molecule has 10 nitrogen and oxygen atoms in total. The van der Waals surface area contributed by atoms with Crippen molar-refractivity contribution in [2.45, 2.75) is 57.6 Å². The van der Waals surface area contributed by atoms with Gasteiger partial charge in [0, 0.05) is 49.1 Å². The topological polar surface area (TPSA) is 108 Å². The van der Waals surface area contributed by atoms with Crippen molar-refractivity contribution in [2.24, 2.45) is 20.0 Å². The van der Waals surface area contributed by atoms with Crippen LogP contribution in [0, 0.1) is 5.92 Å². The van der Waals surface area contributed by atoms with E-state index in [1.54, 1.807) is 11.9 Å². The van der Waals surface area contributed by atoms with Gasteiger partial charge in [-0.2, -0.15) is 0 Å². The number of nitrogens with one attached hydrogen (secondary N) is 1. The van der Waals surface area contributed by atoms with Crippen LogP contribution in [0.3, 0.4) is 0 Å². The van der Waals surface area contributed by atoms with Crippen molar-refractivity contribution < 1.29 is 19.0 Å². The molecule has 5 aromatic rings. The molecule has 1 amide bonds. The van der Waals surface area contributed by atoms with E-state index < -0.39 is 35.6 Å². The van der Waals surface area contributed by atoms with Crippen LogP contribution in [0.2, 0.25) is 0 Å². The van der Waals surface area contributed by atoms with Crippen molar-refractivity contribution in [3.05, 3.63) is 134 Å². The van der Waals surface area contributed by atoms with Crippen LogP contribution >= 0.6 is 0 Å². The van der Waals surface area contributed by atoms with E-state index in [1.807, 2.05) is 78.9 Å². The average Bonchev–Trinajstić information content (AvgIpc) is 3.51. The number of para-hydroxylation sites is 1. The van der Waals surface area contributed by atoms with Gasteiger partial charge in [-0.05, 0) is 42.0 Å². The highest BCUT2D eigenvalue weighted by molar-refractivity contribution is 5.85. The summed E-state index contributed by atoms with van der Waals surface area (Å²) in [5, 5.41) is 1.12. The molecule has 0 fully saturated rings. The summed E-state index contributed by atoms with van der Waals surface area (Å²) in [6.45, 7) is 2.96. The Morgan fingerprint density at radius 2 is 1.56 bits per heavy atom. The second kappa shape index (κ2) is 13.2. The summed E-state index contributed by atoms with van der Waals surface area (Å²) >= 11 is 0. The van der Waals surface area contributed by atoms with Crippen LogP contribution in [-0.2, 0) is 43.2 Å². The zero-order valence-electron chi connectivity index (χ0n) is 27.4. The van der Waals surface area contributed by atoms with Gasteiger partial charge in [-0.3, -0.25) is 18.8 Å². The number of benzene rings is 3. The molecule has 2 aromatic heterocycles. The number of hydrogen-bond donors (Lipinski definition) is 1. The first kappa shape index (κ1) is 31.5. The molecule has 0 saturated heterocycles. The second-order valence-corrected chi connectivity index (χ2v) is 12.7. The Morgan fingerprint density at radius 1 is 0.896 bits per heavy atom. The zero-order chi connectivity index (χ0) is 33.4. The van der Waals surface area contributed by atoms with Crippen LogP contribution in [0.1, 0.15) is 59.7 Å². The first-order valence-electron chi connectivity index (χ1n) is 16.5.